The van der Waals surface area contributed by atoms with Crippen molar-refractivity contribution in [2.45, 2.75) is 20.5 Å². The van der Waals surface area contributed by atoms with E-state index in [0.29, 0.717) is 22.0 Å². The van der Waals surface area contributed by atoms with Crippen molar-refractivity contribution in [2.75, 3.05) is 0 Å². The molecule has 2 heterocycles. The fourth-order valence-corrected chi connectivity index (χ4v) is 2.84. The van der Waals surface area contributed by atoms with Gasteiger partial charge in [-0.2, -0.15) is 4.98 Å². The molecular weight excluding hydrogens is 365 g/mol. The molecule has 0 bridgehead atoms. The lowest BCUT2D eigenvalue weighted by atomic mass is 10.1. The highest BCUT2D eigenvalue weighted by molar-refractivity contribution is 6.32. The van der Waals surface area contributed by atoms with Crippen LogP contribution in [-0.2, 0) is 11.3 Å². The number of pyridine rings is 1. The average Bonchev–Trinajstić information content (AvgIpc) is 3.01. The number of hydrogen-bond donors (Lipinski definition) is 0. The number of benzene rings is 1. The SMILES string of the molecule is Cc1cc(C)c(C(=O)OCc2nc(-c3cccc(Cl)c3)no2)c(Cl)n1. The fourth-order valence-electron chi connectivity index (χ4n) is 2.29. The summed E-state index contributed by atoms with van der Waals surface area (Å²) in [4.78, 5) is 20.5. The predicted octanol–water partition coefficient (Wildman–Crippen LogP) is 4.41. The van der Waals surface area contributed by atoms with Crippen LogP contribution in [-0.4, -0.2) is 21.1 Å². The largest absolute Gasteiger partial charge is 0.452 e. The molecule has 0 spiro atoms. The van der Waals surface area contributed by atoms with E-state index < -0.39 is 5.97 Å². The molecule has 3 rings (SSSR count). The second kappa shape index (κ2) is 7.21. The summed E-state index contributed by atoms with van der Waals surface area (Å²) in [6, 6.07) is 8.79. The molecule has 0 aliphatic rings. The normalized spacial score (nSPS) is 10.7. The monoisotopic (exact) mass is 377 g/mol. The number of aromatic nitrogens is 3. The van der Waals surface area contributed by atoms with E-state index in [9.17, 15) is 4.79 Å². The molecule has 3 aromatic rings. The molecule has 0 aliphatic heterocycles. The summed E-state index contributed by atoms with van der Waals surface area (Å²) in [7, 11) is 0. The van der Waals surface area contributed by atoms with Crippen LogP contribution in [0.5, 0.6) is 0 Å². The first-order chi connectivity index (χ1) is 11.9. The minimum atomic E-state index is -0.600. The molecule has 0 saturated heterocycles. The molecule has 2 aromatic heterocycles. The third-order valence-corrected chi connectivity index (χ3v) is 3.89. The molecular formula is C17H13Cl2N3O3. The van der Waals surface area contributed by atoms with E-state index in [0.717, 1.165) is 5.69 Å². The molecule has 0 radical (unpaired) electrons. The van der Waals surface area contributed by atoms with Gasteiger partial charge in [0.05, 0.1) is 5.56 Å². The van der Waals surface area contributed by atoms with E-state index in [-0.39, 0.29) is 23.2 Å². The highest BCUT2D eigenvalue weighted by Gasteiger charge is 2.18. The summed E-state index contributed by atoms with van der Waals surface area (Å²) in [6.45, 7) is 3.39. The van der Waals surface area contributed by atoms with Gasteiger partial charge < -0.3 is 9.26 Å². The molecule has 0 atom stereocenters. The Morgan fingerprint density at radius 2 is 2.00 bits per heavy atom. The lowest BCUT2D eigenvalue weighted by Crippen LogP contribution is -2.09. The topological polar surface area (TPSA) is 78.1 Å². The second-order valence-electron chi connectivity index (χ2n) is 5.34. The zero-order valence-electron chi connectivity index (χ0n) is 13.4. The first-order valence-corrected chi connectivity index (χ1v) is 8.09. The zero-order valence-corrected chi connectivity index (χ0v) is 14.9. The minimum Gasteiger partial charge on any atom is -0.452 e. The van der Waals surface area contributed by atoms with Crippen molar-refractivity contribution < 1.29 is 14.1 Å². The predicted molar refractivity (Wildman–Crippen MR) is 92.6 cm³/mol. The van der Waals surface area contributed by atoms with Gasteiger partial charge >= 0.3 is 5.97 Å². The maximum Gasteiger partial charge on any atom is 0.342 e. The molecule has 0 aliphatic carbocycles. The van der Waals surface area contributed by atoms with E-state index in [1.54, 1.807) is 44.2 Å². The highest BCUT2D eigenvalue weighted by atomic mass is 35.5. The number of rotatable bonds is 4. The molecule has 1 aromatic carbocycles. The maximum absolute atomic E-state index is 12.2. The van der Waals surface area contributed by atoms with Crippen molar-refractivity contribution in [1.29, 1.82) is 0 Å². The van der Waals surface area contributed by atoms with Gasteiger partial charge in [0.15, 0.2) is 6.61 Å². The summed E-state index contributed by atoms with van der Waals surface area (Å²) in [5, 5.41) is 4.52. The smallest absolute Gasteiger partial charge is 0.342 e. The van der Waals surface area contributed by atoms with E-state index in [1.165, 1.54) is 0 Å². The van der Waals surface area contributed by atoms with Crippen molar-refractivity contribution in [3.63, 3.8) is 0 Å². The standard InChI is InChI=1S/C17H13Cl2N3O3/c1-9-6-10(2)20-15(19)14(9)17(23)24-8-13-21-16(22-25-13)11-4-3-5-12(18)7-11/h3-7H,8H2,1-2H3. The van der Waals surface area contributed by atoms with Gasteiger partial charge in [0.1, 0.15) is 5.15 Å². The fraction of sp³-hybridized carbons (Fsp3) is 0.176. The molecule has 0 fully saturated rings. The van der Waals surface area contributed by atoms with Crippen molar-refractivity contribution in [1.82, 2.24) is 15.1 Å². The summed E-state index contributed by atoms with van der Waals surface area (Å²) in [6.07, 6.45) is 0. The molecule has 25 heavy (non-hydrogen) atoms. The van der Waals surface area contributed by atoms with Crippen LogP contribution in [0.25, 0.3) is 11.4 Å². The Hall–Kier alpha value is -2.44. The third-order valence-electron chi connectivity index (χ3n) is 3.38. The lowest BCUT2D eigenvalue weighted by Gasteiger charge is -2.07. The Balaban J connectivity index is 1.71. The summed E-state index contributed by atoms with van der Waals surface area (Å²) in [5.74, 6) is -0.0746. The first-order valence-electron chi connectivity index (χ1n) is 7.33. The van der Waals surface area contributed by atoms with Crippen molar-refractivity contribution in [2.24, 2.45) is 0 Å². The van der Waals surface area contributed by atoms with Gasteiger partial charge in [-0.15, -0.1) is 0 Å². The first kappa shape index (κ1) is 17.4. The van der Waals surface area contributed by atoms with Crippen LogP contribution in [0.2, 0.25) is 10.2 Å². The quantitative estimate of drug-likeness (QED) is 0.494. The molecule has 6 nitrogen and oxygen atoms in total. The molecule has 8 heteroatoms. The van der Waals surface area contributed by atoms with Crippen LogP contribution in [0.1, 0.15) is 27.5 Å². The number of aryl methyl sites for hydroxylation is 2. The Kier molecular flexibility index (Phi) is 5.01. The van der Waals surface area contributed by atoms with Gasteiger partial charge in [-0.3, -0.25) is 0 Å². The minimum absolute atomic E-state index is 0.104. The van der Waals surface area contributed by atoms with E-state index >= 15 is 0 Å². The highest BCUT2D eigenvalue weighted by Crippen LogP contribution is 2.22. The van der Waals surface area contributed by atoms with Crippen LogP contribution in [0.3, 0.4) is 0 Å². The number of carbonyl (C=O) groups is 1. The van der Waals surface area contributed by atoms with Crippen molar-refractivity contribution in [3.8, 4) is 11.4 Å². The molecule has 0 N–H and O–H groups in total. The van der Waals surface area contributed by atoms with Crippen molar-refractivity contribution in [3.05, 3.63) is 63.2 Å². The summed E-state index contributed by atoms with van der Waals surface area (Å²) >= 11 is 12.0. The maximum atomic E-state index is 12.2. The van der Waals surface area contributed by atoms with E-state index in [1.807, 2.05) is 0 Å². The Morgan fingerprint density at radius 1 is 1.20 bits per heavy atom. The number of esters is 1. The summed E-state index contributed by atoms with van der Waals surface area (Å²) in [5.41, 5.74) is 2.34. The van der Waals surface area contributed by atoms with Crippen LogP contribution >= 0.6 is 23.2 Å². The molecule has 0 unspecified atom stereocenters. The average molecular weight is 378 g/mol. The summed E-state index contributed by atoms with van der Waals surface area (Å²) < 4.78 is 10.3. The number of carbonyl (C=O) groups excluding carboxylic acids is 1. The number of ether oxygens (including phenoxy) is 1. The van der Waals surface area contributed by atoms with Gasteiger partial charge in [0.2, 0.25) is 5.82 Å². The number of halogens is 2. The van der Waals surface area contributed by atoms with E-state index in [4.69, 9.17) is 32.5 Å². The Bertz CT molecular complexity index is 917. The van der Waals surface area contributed by atoms with Gasteiger partial charge in [0, 0.05) is 16.3 Å². The molecule has 0 amide bonds. The lowest BCUT2D eigenvalue weighted by molar-refractivity contribution is 0.0428. The van der Waals surface area contributed by atoms with Crippen LogP contribution < -0.4 is 0 Å². The second-order valence-corrected chi connectivity index (χ2v) is 6.14. The Labute approximate surface area is 153 Å². The van der Waals surface area contributed by atoms with Crippen LogP contribution in [0.15, 0.2) is 34.9 Å². The van der Waals surface area contributed by atoms with Gasteiger partial charge in [-0.1, -0.05) is 40.5 Å². The van der Waals surface area contributed by atoms with E-state index in [2.05, 4.69) is 15.1 Å². The van der Waals surface area contributed by atoms with Crippen LogP contribution in [0, 0.1) is 13.8 Å². The van der Waals surface area contributed by atoms with Gasteiger partial charge in [-0.05, 0) is 37.6 Å². The van der Waals surface area contributed by atoms with Crippen LogP contribution in [0.4, 0.5) is 0 Å². The van der Waals surface area contributed by atoms with Crippen molar-refractivity contribution >= 4 is 29.2 Å². The van der Waals surface area contributed by atoms with Gasteiger partial charge in [0.25, 0.3) is 5.89 Å². The number of nitrogens with zero attached hydrogens (tertiary/aromatic N) is 3. The molecule has 0 saturated carbocycles. The molecule has 128 valence electrons. The Morgan fingerprint density at radius 3 is 2.72 bits per heavy atom. The number of hydrogen-bond acceptors (Lipinski definition) is 6. The zero-order chi connectivity index (χ0) is 18.0. The third kappa shape index (κ3) is 3.97. The van der Waals surface area contributed by atoms with Gasteiger partial charge in [-0.25, -0.2) is 9.78 Å².